The van der Waals surface area contributed by atoms with Crippen molar-refractivity contribution in [3.05, 3.63) is 12.4 Å². The fraction of sp³-hybridized carbons (Fsp3) is 0.667. The number of aromatic amines is 1. The number of hydrogen-bond acceptors (Lipinski definition) is 3. The van der Waals surface area contributed by atoms with E-state index in [-0.39, 0.29) is 11.9 Å². The monoisotopic (exact) mass is 234 g/mol. The predicted octanol–water partition coefficient (Wildman–Crippen LogP) is 1.27. The van der Waals surface area contributed by atoms with Crippen molar-refractivity contribution in [3.63, 3.8) is 0 Å². The Hall–Kier alpha value is -1.36. The van der Waals surface area contributed by atoms with Crippen LogP contribution in [0.1, 0.15) is 32.1 Å². The van der Waals surface area contributed by atoms with E-state index in [2.05, 4.69) is 20.8 Å². The van der Waals surface area contributed by atoms with E-state index in [1.54, 1.807) is 12.4 Å². The van der Waals surface area contributed by atoms with Crippen molar-refractivity contribution >= 4 is 11.6 Å². The molecule has 3 atom stereocenters. The Morgan fingerprint density at radius 1 is 1.41 bits per heavy atom. The summed E-state index contributed by atoms with van der Waals surface area (Å²) in [5.41, 5.74) is 0.742. The van der Waals surface area contributed by atoms with Crippen molar-refractivity contribution in [3.8, 4) is 0 Å². The highest BCUT2D eigenvalue weighted by Crippen LogP contribution is 2.33. The van der Waals surface area contributed by atoms with Gasteiger partial charge in [-0.1, -0.05) is 12.8 Å². The minimum atomic E-state index is -0.0296. The summed E-state index contributed by atoms with van der Waals surface area (Å²) in [5, 5.41) is 12.8. The van der Waals surface area contributed by atoms with Crippen LogP contribution in [-0.4, -0.2) is 28.2 Å². The quantitative estimate of drug-likeness (QED) is 0.721. The number of rotatable bonds is 2. The highest BCUT2D eigenvalue weighted by molar-refractivity contribution is 5.94. The molecule has 1 aromatic heterocycles. The molecular weight excluding hydrogens is 216 g/mol. The van der Waals surface area contributed by atoms with Gasteiger partial charge in [-0.15, -0.1) is 0 Å². The van der Waals surface area contributed by atoms with Gasteiger partial charge in [-0.05, 0) is 25.2 Å². The van der Waals surface area contributed by atoms with Crippen LogP contribution >= 0.6 is 0 Å². The van der Waals surface area contributed by atoms with Gasteiger partial charge in [0, 0.05) is 12.2 Å². The number of anilines is 1. The third-order valence-corrected chi connectivity index (χ3v) is 3.95. The van der Waals surface area contributed by atoms with Crippen LogP contribution in [0.15, 0.2) is 12.4 Å². The lowest BCUT2D eigenvalue weighted by Gasteiger charge is -2.24. The Morgan fingerprint density at radius 2 is 2.29 bits per heavy atom. The molecule has 0 aromatic carbocycles. The minimum absolute atomic E-state index is 0.0296. The van der Waals surface area contributed by atoms with E-state index in [0.29, 0.717) is 12.0 Å². The second-order valence-corrected chi connectivity index (χ2v) is 5.08. The van der Waals surface area contributed by atoms with Crippen molar-refractivity contribution in [1.29, 1.82) is 0 Å². The number of hydrogen-bond donors (Lipinski definition) is 3. The van der Waals surface area contributed by atoms with Gasteiger partial charge in [-0.3, -0.25) is 9.89 Å². The molecule has 0 radical (unpaired) electrons. The molecule has 1 aromatic rings. The third-order valence-electron chi connectivity index (χ3n) is 3.95. The van der Waals surface area contributed by atoms with E-state index >= 15 is 0 Å². The molecule has 92 valence electrons. The summed E-state index contributed by atoms with van der Waals surface area (Å²) in [6.07, 6.45) is 9.41. The zero-order valence-corrected chi connectivity index (χ0v) is 9.78. The topological polar surface area (TPSA) is 69.8 Å². The van der Waals surface area contributed by atoms with Gasteiger partial charge in [0.05, 0.1) is 17.9 Å². The molecule has 17 heavy (non-hydrogen) atoms. The van der Waals surface area contributed by atoms with E-state index in [1.165, 1.54) is 25.7 Å². The molecule has 0 spiro atoms. The first-order chi connectivity index (χ1) is 8.33. The van der Waals surface area contributed by atoms with Crippen LogP contribution in [0.2, 0.25) is 0 Å². The van der Waals surface area contributed by atoms with Gasteiger partial charge in [0.1, 0.15) is 0 Å². The van der Waals surface area contributed by atoms with E-state index in [4.69, 9.17) is 0 Å². The van der Waals surface area contributed by atoms with E-state index in [0.717, 1.165) is 12.1 Å². The lowest BCUT2D eigenvalue weighted by atomic mass is 9.85. The first-order valence-corrected chi connectivity index (χ1v) is 6.38. The summed E-state index contributed by atoms with van der Waals surface area (Å²) in [4.78, 5) is 12.0. The van der Waals surface area contributed by atoms with Gasteiger partial charge in [0.25, 0.3) is 0 Å². The first kappa shape index (κ1) is 10.8. The second-order valence-electron chi connectivity index (χ2n) is 5.08. The molecule has 2 aliphatic rings. The van der Waals surface area contributed by atoms with Crippen LogP contribution in [0, 0.1) is 5.92 Å². The molecule has 3 rings (SSSR count). The Balaban J connectivity index is 1.60. The number of H-pyrrole nitrogens is 1. The molecule has 2 fully saturated rings. The van der Waals surface area contributed by atoms with Gasteiger partial charge in [0.2, 0.25) is 5.91 Å². The Labute approximate surface area is 100 Å². The third kappa shape index (κ3) is 2.20. The Kier molecular flexibility index (Phi) is 2.84. The van der Waals surface area contributed by atoms with Crippen molar-refractivity contribution in [2.24, 2.45) is 5.92 Å². The molecule has 1 aliphatic carbocycles. The molecule has 0 bridgehead atoms. The maximum Gasteiger partial charge on any atom is 0.241 e. The van der Waals surface area contributed by atoms with Gasteiger partial charge >= 0.3 is 0 Å². The lowest BCUT2D eigenvalue weighted by Crippen LogP contribution is -2.39. The normalized spacial score (nSPS) is 32.1. The number of carbonyl (C=O) groups excluding carboxylic acids is 1. The molecular formula is C12H18N4O. The van der Waals surface area contributed by atoms with Crippen LogP contribution in [0.4, 0.5) is 5.69 Å². The molecule has 2 heterocycles. The number of nitrogens with zero attached hydrogens (tertiary/aromatic N) is 1. The van der Waals surface area contributed by atoms with Crippen molar-refractivity contribution < 1.29 is 4.79 Å². The fourth-order valence-corrected chi connectivity index (χ4v) is 3.07. The van der Waals surface area contributed by atoms with Crippen LogP contribution in [-0.2, 0) is 4.79 Å². The average molecular weight is 234 g/mol. The highest BCUT2D eigenvalue weighted by atomic mass is 16.2. The summed E-state index contributed by atoms with van der Waals surface area (Å²) >= 11 is 0. The van der Waals surface area contributed by atoms with Crippen molar-refractivity contribution in [2.45, 2.75) is 44.2 Å². The lowest BCUT2D eigenvalue weighted by molar-refractivity contribution is -0.117. The maximum atomic E-state index is 12.0. The molecule has 1 saturated carbocycles. The van der Waals surface area contributed by atoms with Crippen LogP contribution in [0.5, 0.6) is 0 Å². The van der Waals surface area contributed by atoms with Gasteiger partial charge in [-0.2, -0.15) is 5.10 Å². The number of amides is 1. The Bertz CT molecular complexity index is 375. The molecule has 1 amide bonds. The number of carbonyl (C=O) groups is 1. The predicted molar refractivity (Wildman–Crippen MR) is 64.5 cm³/mol. The van der Waals surface area contributed by atoms with Gasteiger partial charge < -0.3 is 10.6 Å². The van der Waals surface area contributed by atoms with E-state index in [1.807, 2.05) is 0 Å². The molecule has 5 nitrogen and oxygen atoms in total. The van der Waals surface area contributed by atoms with Crippen LogP contribution in [0.25, 0.3) is 0 Å². The summed E-state index contributed by atoms with van der Waals surface area (Å²) in [6, 6.07) is 0.529. The largest absolute Gasteiger partial charge is 0.322 e. The Morgan fingerprint density at radius 3 is 3.06 bits per heavy atom. The fourth-order valence-electron chi connectivity index (χ4n) is 3.07. The van der Waals surface area contributed by atoms with E-state index < -0.39 is 0 Å². The van der Waals surface area contributed by atoms with Crippen molar-refractivity contribution in [2.75, 3.05) is 5.32 Å². The molecule has 3 N–H and O–H groups in total. The molecule has 3 unspecified atom stereocenters. The molecule has 1 saturated heterocycles. The first-order valence-electron chi connectivity index (χ1n) is 6.38. The minimum Gasteiger partial charge on any atom is -0.322 e. The van der Waals surface area contributed by atoms with E-state index in [9.17, 15) is 4.79 Å². The number of fused-ring (bicyclic) bond motifs is 1. The summed E-state index contributed by atoms with van der Waals surface area (Å²) in [5.74, 6) is 0.768. The van der Waals surface area contributed by atoms with Gasteiger partial charge in [-0.25, -0.2) is 0 Å². The molecule has 1 aliphatic heterocycles. The average Bonchev–Trinajstić information content (AvgIpc) is 2.96. The zero-order chi connectivity index (χ0) is 11.7. The van der Waals surface area contributed by atoms with Crippen molar-refractivity contribution in [1.82, 2.24) is 15.5 Å². The highest BCUT2D eigenvalue weighted by Gasteiger charge is 2.38. The molecule has 5 heteroatoms. The zero-order valence-electron chi connectivity index (χ0n) is 9.78. The maximum absolute atomic E-state index is 12.0. The van der Waals surface area contributed by atoms with Gasteiger partial charge in [0.15, 0.2) is 0 Å². The number of aromatic nitrogens is 2. The standard InChI is InChI=1S/C12H18N4O/c17-12(15-9-6-13-14-7-9)11-5-8-3-1-2-4-10(8)16-11/h6-8,10-11,16H,1-5H2,(H,13,14)(H,15,17). The van der Waals surface area contributed by atoms with Crippen LogP contribution < -0.4 is 10.6 Å². The second kappa shape index (κ2) is 4.49. The summed E-state index contributed by atoms with van der Waals surface area (Å²) < 4.78 is 0. The SMILES string of the molecule is O=C(Nc1cn[nH]c1)C1CC2CCCCC2N1. The van der Waals surface area contributed by atoms with Crippen LogP contribution in [0.3, 0.4) is 0 Å². The number of nitrogens with one attached hydrogen (secondary N) is 3. The smallest absolute Gasteiger partial charge is 0.241 e. The summed E-state index contributed by atoms with van der Waals surface area (Å²) in [7, 11) is 0. The summed E-state index contributed by atoms with van der Waals surface area (Å²) in [6.45, 7) is 0.